The van der Waals surface area contributed by atoms with Crippen molar-refractivity contribution < 1.29 is 4.79 Å². The first-order valence-corrected chi connectivity index (χ1v) is 7.54. The van der Waals surface area contributed by atoms with Crippen LogP contribution in [0.2, 0.25) is 0 Å². The summed E-state index contributed by atoms with van der Waals surface area (Å²) in [4.78, 5) is 12.3. The Kier molecular flexibility index (Phi) is 4.81. The molecule has 3 heteroatoms. The van der Waals surface area contributed by atoms with Crippen molar-refractivity contribution in [1.82, 2.24) is 10.6 Å². The van der Waals surface area contributed by atoms with Gasteiger partial charge < -0.3 is 10.6 Å². The van der Waals surface area contributed by atoms with Gasteiger partial charge in [0.2, 0.25) is 5.91 Å². The van der Waals surface area contributed by atoms with Crippen molar-refractivity contribution in [3.05, 3.63) is 35.9 Å². The number of nitrogens with one attached hydrogen (secondary N) is 2. The van der Waals surface area contributed by atoms with Gasteiger partial charge in [-0.1, -0.05) is 51.1 Å². The Balaban J connectivity index is 2.08. The standard InChI is InChI=1S/C17H26N2O/c1-17(2,3)12-15(13-8-5-4-6-9-13)19-16(20)14-10-7-11-18-14/h4-6,8-9,14-15,18H,7,10-12H2,1-3H3,(H,19,20). The van der Waals surface area contributed by atoms with Crippen LogP contribution in [0.5, 0.6) is 0 Å². The summed E-state index contributed by atoms with van der Waals surface area (Å²) in [5, 5.41) is 6.49. The number of hydrogen-bond donors (Lipinski definition) is 2. The molecule has 0 saturated carbocycles. The maximum Gasteiger partial charge on any atom is 0.237 e. The summed E-state index contributed by atoms with van der Waals surface area (Å²) in [5.41, 5.74) is 1.37. The maximum atomic E-state index is 12.3. The van der Waals surface area contributed by atoms with Gasteiger partial charge >= 0.3 is 0 Å². The molecule has 0 aromatic heterocycles. The molecule has 0 spiro atoms. The highest BCUT2D eigenvalue weighted by molar-refractivity contribution is 5.82. The van der Waals surface area contributed by atoms with E-state index in [0.29, 0.717) is 0 Å². The van der Waals surface area contributed by atoms with E-state index in [9.17, 15) is 4.79 Å². The van der Waals surface area contributed by atoms with Crippen molar-refractivity contribution in [3.8, 4) is 0 Å². The second-order valence-corrected chi connectivity index (χ2v) is 6.89. The van der Waals surface area contributed by atoms with Crippen molar-refractivity contribution in [2.24, 2.45) is 5.41 Å². The molecule has 3 nitrogen and oxygen atoms in total. The summed E-state index contributed by atoms with van der Waals surface area (Å²) in [5.74, 6) is 0.139. The largest absolute Gasteiger partial charge is 0.348 e. The SMILES string of the molecule is CC(C)(C)CC(NC(=O)C1CCCN1)c1ccccc1. The molecular weight excluding hydrogens is 248 g/mol. The Bertz CT molecular complexity index is 430. The number of rotatable bonds is 4. The molecule has 1 amide bonds. The Morgan fingerprint density at radius 3 is 2.60 bits per heavy atom. The minimum atomic E-state index is -0.0128. The molecule has 1 aromatic rings. The average molecular weight is 274 g/mol. The van der Waals surface area contributed by atoms with Gasteiger partial charge in [-0.3, -0.25) is 4.79 Å². The normalized spacial score (nSPS) is 20.6. The molecule has 1 aliphatic heterocycles. The fourth-order valence-electron chi connectivity index (χ4n) is 2.73. The first-order chi connectivity index (χ1) is 9.46. The van der Waals surface area contributed by atoms with Crippen LogP contribution < -0.4 is 10.6 Å². The Morgan fingerprint density at radius 1 is 1.35 bits per heavy atom. The highest BCUT2D eigenvalue weighted by Crippen LogP contribution is 2.29. The van der Waals surface area contributed by atoms with Crippen LogP contribution in [0.3, 0.4) is 0 Å². The second kappa shape index (κ2) is 6.40. The van der Waals surface area contributed by atoms with E-state index in [1.54, 1.807) is 0 Å². The average Bonchev–Trinajstić information content (AvgIpc) is 2.91. The van der Waals surface area contributed by atoms with E-state index in [4.69, 9.17) is 0 Å². The molecular formula is C17H26N2O. The summed E-state index contributed by atoms with van der Waals surface area (Å²) in [7, 11) is 0. The lowest BCUT2D eigenvalue weighted by Gasteiger charge is -2.28. The molecule has 1 aliphatic rings. The van der Waals surface area contributed by atoms with Gasteiger partial charge in [0.25, 0.3) is 0 Å². The van der Waals surface area contributed by atoms with Crippen molar-refractivity contribution in [2.75, 3.05) is 6.54 Å². The van der Waals surface area contributed by atoms with Gasteiger partial charge in [-0.25, -0.2) is 0 Å². The lowest BCUT2D eigenvalue weighted by molar-refractivity contribution is -0.123. The molecule has 20 heavy (non-hydrogen) atoms. The number of amides is 1. The van der Waals surface area contributed by atoms with Gasteiger partial charge in [0.05, 0.1) is 12.1 Å². The van der Waals surface area contributed by atoms with Gasteiger partial charge in [0.15, 0.2) is 0 Å². The number of carbonyl (C=O) groups is 1. The predicted molar refractivity (Wildman–Crippen MR) is 82.4 cm³/mol. The smallest absolute Gasteiger partial charge is 0.237 e. The zero-order valence-corrected chi connectivity index (χ0v) is 12.8. The summed E-state index contributed by atoms with van der Waals surface area (Å²) in [6, 6.07) is 10.3. The highest BCUT2D eigenvalue weighted by atomic mass is 16.2. The first-order valence-electron chi connectivity index (χ1n) is 7.54. The van der Waals surface area contributed by atoms with Crippen LogP contribution in [0.25, 0.3) is 0 Å². The molecule has 1 aromatic carbocycles. The van der Waals surface area contributed by atoms with E-state index in [1.807, 2.05) is 18.2 Å². The Labute approximate surface area is 122 Å². The molecule has 1 saturated heterocycles. The third kappa shape index (κ3) is 4.34. The van der Waals surface area contributed by atoms with Crippen LogP contribution in [-0.2, 0) is 4.79 Å². The number of benzene rings is 1. The van der Waals surface area contributed by atoms with Gasteiger partial charge in [0, 0.05) is 0 Å². The zero-order valence-electron chi connectivity index (χ0n) is 12.8. The maximum absolute atomic E-state index is 12.3. The molecule has 2 unspecified atom stereocenters. The predicted octanol–water partition coefficient (Wildman–Crippen LogP) is 3.03. The summed E-state index contributed by atoms with van der Waals surface area (Å²) >= 11 is 0. The number of hydrogen-bond acceptors (Lipinski definition) is 2. The Hall–Kier alpha value is -1.35. The Morgan fingerprint density at radius 2 is 2.05 bits per heavy atom. The first kappa shape index (κ1) is 15.0. The van der Waals surface area contributed by atoms with Crippen molar-refractivity contribution in [1.29, 1.82) is 0 Å². The van der Waals surface area contributed by atoms with Crippen LogP contribution >= 0.6 is 0 Å². The van der Waals surface area contributed by atoms with Gasteiger partial charge in [-0.05, 0) is 36.8 Å². The fraction of sp³-hybridized carbons (Fsp3) is 0.588. The van der Waals surface area contributed by atoms with Crippen LogP contribution in [-0.4, -0.2) is 18.5 Å². The molecule has 1 heterocycles. The minimum Gasteiger partial charge on any atom is -0.348 e. The van der Waals surface area contributed by atoms with E-state index in [-0.39, 0.29) is 23.4 Å². The minimum absolute atomic E-state index is 0.0128. The van der Waals surface area contributed by atoms with Gasteiger partial charge in [-0.15, -0.1) is 0 Å². The van der Waals surface area contributed by atoms with E-state index >= 15 is 0 Å². The van der Waals surface area contributed by atoms with Crippen LogP contribution in [0, 0.1) is 5.41 Å². The molecule has 0 bridgehead atoms. The van der Waals surface area contributed by atoms with Crippen molar-refractivity contribution in [3.63, 3.8) is 0 Å². The summed E-state index contributed by atoms with van der Waals surface area (Å²) in [6.07, 6.45) is 2.98. The van der Waals surface area contributed by atoms with Gasteiger partial charge in [0.1, 0.15) is 0 Å². The topological polar surface area (TPSA) is 41.1 Å². The second-order valence-electron chi connectivity index (χ2n) is 6.89. The van der Waals surface area contributed by atoms with Crippen molar-refractivity contribution in [2.45, 2.75) is 52.1 Å². The third-order valence-electron chi connectivity index (χ3n) is 3.71. The van der Waals surface area contributed by atoms with E-state index < -0.39 is 0 Å². The summed E-state index contributed by atoms with van der Waals surface area (Å²) in [6.45, 7) is 7.59. The highest BCUT2D eigenvalue weighted by Gasteiger charge is 2.27. The van der Waals surface area contributed by atoms with Crippen molar-refractivity contribution >= 4 is 5.91 Å². The lowest BCUT2D eigenvalue weighted by atomic mass is 9.85. The van der Waals surface area contributed by atoms with Crippen LogP contribution in [0.1, 0.15) is 51.6 Å². The van der Waals surface area contributed by atoms with Crippen LogP contribution in [0.15, 0.2) is 30.3 Å². The fourth-order valence-corrected chi connectivity index (χ4v) is 2.73. The van der Waals surface area contributed by atoms with E-state index in [2.05, 4.69) is 43.5 Å². The quantitative estimate of drug-likeness (QED) is 0.886. The summed E-state index contributed by atoms with van der Waals surface area (Å²) < 4.78 is 0. The lowest BCUT2D eigenvalue weighted by Crippen LogP contribution is -2.42. The van der Waals surface area contributed by atoms with Gasteiger partial charge in [-0.2, -0.15) is 0 Å². The van der Waals surface area contributed by atoms with E-state index in [1.165, 1.54) is 5.56 Å². The number of carbonyl (C=O) groups excluding carboxylic acids is 1. The molecule has 0 radical (unpaired) electrons. The monoisotopic (exact) mass is 274 g/mol. The molecule has 0 aliphatic carbocycles. The molecule has 110 valence electrons. The molecule has 2 rings (SSSR count). The third-order valence-corrected chi connectivity index (χ3v) is 3.71. The molecule has 2 atom stereocenters. The molecule has 2 N–H and O–H groups in total. The molecule has 1 fully saturated rings. The van der Waals surface area contributed by atoms with Crippen LogP contribution in [0.4, 0.5) is 0 Å². The van der Waals surface area contributed by atoms with E-state index in [0.717, 1.165) is 25.8 Å². The zero-order chi connectivity index (χ0) is 14.6.